The summed E-state index contributed by atoms with van der Waals surface area (Å²) in [6.45, 7) is 8.74. The average Bonchev–Trinajstić information content (AvgIpc) is 2.68. The molecule has 0 saturated carbocycles. The van der Waals surface area contributed by atoms with E-state index in [-0.39, 0.29) is 17.0 Å². The van der Waals surface area contributed by atoms with Gasteiger partial charge in [-0.05, 0) is 56.0 Å². The minimum Gasteiger partial charge on any atom is -0.368 e. The van der Waals surface area contributed by atoms with Crippen LogP contribution in [-0.2, 0) is 11.2 Å². The first-order valence-electron chi connectivity index (χ1n) is 9.62. The van der Waals surface area contributed by atoms with Crippen LogP contribution in [0.4, 0.5) is 5.69 Å². The summed E-state index contributed by atoms with van der Waals surface area (Å²) in [5.74, 6) is 0.118. The van der Waals surface area contributed by atoms with Crippen molar-refractivity contribution in [2.24, 2.45) is 0 Å². The van der Waals surface area contributed by atoms with Crippen LogP contribution in [0, 0.1) is 32.1 Å². The van der Waals surface area contributed by atoms with Crippen LogP contribution >= 0.6 is 0 Å². The molecule has 0 radical (unpaired) electrons. The summed E-state index contributed by atoms with van der Waals surface area (Å²) in [6, 6.07) is 10.4. The van der Waals surface area contributed by atoms with Gasteiger partial charge in [-0.1, -0.05) is 12.1 Å². The van der Waals surface area contributed by atoms with Crippen LogP contribution in [0.15, 0.2) is 29.1 Å². The van der Waals surface area contributed by atoms with Crippen molar-refractivity contribution in [3.63, 3.8) is 0 Å². The Morgan fingerprint density at radius 3 is 2.54 bits per heavy atom. The van der Waals surface area contributed by atoms with Gasteiger partial charge in [0.15, 0.2) is 0 Å². The highest BCUT2D eigenvalue weighted by molar-refractivity contribution is 5.77. The Kier molecular flexibility index (Phi) is 5.84. The number of carbonyl (C=O) groups is 1. The molecule has 1 aromatic heterocycles. The Morgan fingerprint density at radius 2 is 1.89 bits per heavy atom. The molecule has 1 fully saturated rings. The first-order chi connectivity index (χ1) is 13.4. The zero-order valence-corrected chi connectivity index (χ0v) is 16.7. The first-order valence-corrected chi connectivity index (χ1v) is 9.62. The van der Waals surface area contributed by atoms with Crippen molar-refractivity contribution in [3.8, 4) is 6.07 Å². The minimum absolute atomic E-state index is 0.118. The fourth-order valence-corrected chi connectivity index (χ4v) is 3.85. The number of benzene rings is 1. The fraction of sp³-hybridized carbons (Fsp3) is 0.409. The minimum atomic E-state index is -0.361. The monoisotopic (exact) mass is 378 g/mol. The summed E-state index contributed by atoms with van der Waals surface area (Å²) in [5, 5.41) is 9.18. The zero-order valence-electron chi connectivity index (χ0n) is 16.7. The number of carbonyl (C=O) groups excluding carboxylic acids is 1. The molecular weight excluding hydrogens is 352 g/mol. The maximum atomic E-state index is 12.7. The molecule has 3 rings (SSSR count). The van der Waals surface area contributed by atoms with E-state index in [9.17, 15) is 14.9 Å². The van der Waals surface area contributed by atoms with Crippen molar-refractivity contribution >= 4 is 11.6 Å². The van der Waals surface area contributed by atoms with Gasteiger partial charge in [0.05, 0.1) is 0 Å². The molecular formula is C22H26N4O2. The summed E-state index contributed by atoms with van der Waals surface area (Å²) in [4.78, 5) is 31.5. The topological polar surface area (TPSA) is 80.2 Å². The number of aromatic nitrogens is 1. The van der Waals surface area contributed by atoms with Crippen LogP contribution < -0.4 is 10.5 Å². The smallest absolute Gasteiger partial charge is 0.266 e. The number of nitriles is 1. The third kappa shape index (κ3) is 4.09. The molecule has 28 heavy (non-hydrogen) atoms. The predicted molar refractivity (Wildman–Crippen MR) is 110 cm³/mol. The van der Waals surface area contributed by atoms with Gasteiger partial charge in [0, 0.05) is 44.0 Å². The van der Waals surface area contributed by atoms with Gasteiger partial charge in [-0.15, -0.1) is 0 Å². The number of nitrogens with one attached hydrogen (secondary N) is 1. The molecule has 6 heteroatoms. The maximum absolute atomic E-state index is 12.7. The van der Waals surface area contributed by atoms with Crippen LogP contribution in [-0.4, -0.2) is 42.0 Å². The Hall–Kier alpha value is -3.07. The van der Waals surface area contributed by atoms with Crippen LogP contribution in [0.25, 0.3) is 0 Å². The average molecular weight is 378 g/mol. The number of hydrogen-bond acceptors (Lipinski definition) is 4. The first kappa shape index (κ1) is 19.7. The molecule has 1 aliphatic rings. The molecule has 1 aliphatic heterocycles. The van der Waals surface area contributed by atoms with Gasteiger partial charge in [0.25, 0.3) is 5.56 Å². The zero-order chi connectivity index (χ0) is 20.3. The van der Waals surface area contributed by atoms with Crippen LogP contribution in [0.3, 0.4) is 0 Å². The van der Waals surface area contributed by atoms with Gasteiger partial charge in [-0.25, -0.2) is 0 Å². The molecule has 6 nitrogen and oxygen atoms in total. The third-order valence-electron chi connectivity index (χ3n) is 5.51. The molecule has 1 amide bonds. The molecule has 1 N–H and O–H groups in total. The molecule has 146 valence electrons. The van der Waals surface area contributed by atoms with Gasteiger partial charge in [0.1, 0.15) is 11.6 Å². The van der Waals surface area contributed by atoms with Gasteiger partial charge in [-0.2, -0.15) is 5.26 Å². The van der Waals surface area contributed by atoms with Crippen molar-refractivity contribution < 1.29 is 4.79 Å². The highest BCUT2D eigenvalue weighted by Crippen LogP contribution is 2.19. The van der Waals surface area contributed by atoms with Crippen LogP contribution in [0.1, 0.15) is 34.4 Å². The Labute approximate surface area is 165 Å². The molecule has 0 aliphatic carbocycles. The van der Waals surface area contributed by atoms with E-state index in [1.165, 1.54) is 11.3 Å². The summed E-state index contributed by atoms with van der Waals surface area (Å²) in [5.41, 5.74) is 4.52. The van der Waals surface area contributed by atoms with Crippen molar-refractivity contribution in [1.82, 2.24) is 9.88 Å². The lowest BCUT2D eigenvalue weighted by Gasteiger charge is -2.36. The number of piperazine rings is 1. The lowest BCUT2D eigenvalue weighted by atomic mass is 9.99. The number of amides is 1. The second kappa shape index (κ2) is 8.30. The van der Waals surface area contributed by atoms with E-state index >= 15 is 0 Å². The standard InChI is InChI=1S/C22H26N4O2/c1-15-5-4-6-18(13-15)25-9-11-26(12-10-25)21(27)8-7-19-16(2)20(14-23)22(28)24-17(19)3/h4-6,13H,7-12H2,1-3H3,(H,24,28). The Balaban J connectivity index is 1.60. The lowest BCUT2D eigenvalue weighted by molar-refractivity contribution is -0.131. The van der Waals surface area contributed by atoms with Gasteiger partial charge >= 0.3 is 0 Å². The second-order valence-electron chi connectivity index (χ2n) is 7.38. The van der Waals surface area contributed by atoms with Crippen molar-refractivity contribution in [2.75, 3.05) is 31.1 Å². The van der Waals surface area contributed by atoms with E-state index in [4.69, 9.17) is 0 Å². The van der Waals surface area contributed by atoms with Crippen molar-refractivity contribution in [2.45, 2.75) is 33.6 Å². The SMILES string of the molecule is Cc1cccc(N2CCN(C(=O)CCc3c(C)[nH]c(=O)c(C#N)c3C)CC2)c1. The van der Waals surface area contributed by atoms with E-state index in [1.807, 2.05) is 17.9 Å². The molecule has 1 saturated heterocycles. The van der Waals surface area contributed by atoms with E-state index in [0.717, 1.165) is 24.3 Å². The van der Waals surface area contributed by atoms with Gasteiger partial charge in [0.2, 0.25) is 5.91 Å². The second-order valence-corrected chi connectivity index (χ2v) is 7.38. The van der Waals surface area contributed by atoms with E-state index < -0.39 is 0 Å². The summed E-state index contributed by atoms with van der Waals surface area (Å²) in [7, 11) is 0. The molecule has 2 heterocycles. The highest BCUT2D eigenvalue weighted by Gasteiger charge is 2.22. The molecule has 0 bridgehead atoms. The van der Waals surface area contributed by atoms with Gasteiger partial charge in [-0.3, -0.25) is 9.59 Å². The number of aryl methyl sites for hydroxylation is 2. The number of pyridine rings is 1. The lowest BCUT2D eigenvalue weighted by Crippen LogP contribution is -2.48. The number of anilines is 1. The normalized spacial score (nSPS) is 14.1. The summed E-state index contributed by atoms with van der Waals surface area (Å²) in [6.07, 6.45) is 0.906. The number of nitrogens with zero attached hydrogens (tertiary/aromatic N) is 3. The quantitative estimate of drug-likeness (QED) is 0.886. The Morgan fingerprint density at radius 1 is 1.18 bits per heavy atom. The van der Waals surface area contributed by atoms with Crippen LogP contribution in [0.5, 0.6) is 0 Å². The maximum Gasteiger partial charge on any atom is 0.266 e. The third-order valence-corrected chi connectivity index (χ3v) is 5.51. The van der Waals surface area contributed by atoms with Crippen molar-refractivity contribution in [3.05, 3.63) is 62.6 Å². The fourth-order valence-electron chi connectivity index (χ4n) is 3.85. The number of aromatic amines is 1. The van der Waals surface area contributed by atoms with Crippen molar-refractivity contribution in [1.29, 1.82) is 5.26 Å². The number of H-pyrrole nitrogens is 1. The number of rotatable bonds is 4. The molecule has 2 aromatic rings. The van der Waals surface area contributed by atoms with Crippen LogP contribution in [0.2, 0.25) is 0 Å². The molecule has 0 atom stereocenters. The Bertz CT molecular complexity index is 979. The largest absolute Gasteiger partial charge is 0.368 e. The molecule has 0 spiro atoms. The molecule has 1 aromatic carbocycles. The summed E-state index contributed by atoms with van der Waals surface area (Å²) >= 11 is 0. The predicted octanol–water partition coefficient (Wildman–Crippen LogP) is 2.45. The molecule has 0 unspecified atom stereocenters. The van der Waals surface area contributed by atoms with E-state index in [0.29, 0.717) is 31.5 Å². The highest BCUT2D eigenvalue weighted by atomic mass is 16.2. The van der Waals surface area contributed by atoms with Gasteiger partial charge < -0.3 is 14.8 Å². The van der Waals surface area contributed by atoms with E-state index in [1.54, 1.807) is 6.92 Å². The van der Waals surface area contributed by atoms with E-state index in [2.05, 4.69) is 41.1 Å². The number of hydrogen-bond donors (Lipinski definition) is 1. The summed E-state index contributed by atoms with van der Waals surface area (Å²) < 4.78 is 0.